The fraction of sp³-hybridized carbons (Fsp3) is 0.350. The van der Waals surface area contributed by atoms with E-state index in [1.54, 1.807) is 42.5 Å². The smallest absolute Gasteiger partial charge is 0.232 e. The van der Waals surface area contributed by atoms with Crippen LogP contribution in [0.15, 0.2) is 48.5 Å². The third-order valence-corrected chi connectivity index (χ3v) is 5.13. The van der Waals surface area contributed by atoms with Crippen molar-refractivity contribution in [2.24, 2.45) is 0 Å². The number of ether oxygens (including phenoxy) is 2. The summed E-state index contributed by atoms with van der Waals surface area (Å²) in [6, 6.07) is 14.0. The molecule has 2 aromatic carbocycles. The first kappa shape index (κ1) is 21.6. The number of benzene rings is 2. The lowest BCUT2D eigenvalue weighted by molar-refractivity contribution is -0.116. The molecule has 0 heterocycles. The van der Waals surface area contributed by atoms with Gasteiger partial charge in [0.15, 0.2) is 0 Å². The Labute approximate surface area is 166 Å². The molecule has 0 spiro atoms. The molecule has 0 saturated carbocycles. The maximum absolute atomic E-state index is 12.2. The highest BCUT2D eigenvalue weighted by Crippen LogP contribution is 2.29. The fourth-order valence-electron chi connectivity index (χ4n) is 2.74. The van der Waals surface area contributed by atoms with E-state index in [0.29, 0.717) is 35.9 Å². The van der Waals surface area contributed by atoms with Crippen LogP contribution in [0.25, 0.3) is 0 Å². The molecule has 1 N–H and O–H groups in total. The number of methoxy groups -OCH3 is 1. The molecule has 152 valence electrons. The number of amides is 1. The first-order valence-electron chi connectivity index (χ1n) is 8.98. The van der Waals surface area contributed by atoms with Gasteiger partial charge in [-0.05, 0) is 37.6 Å². The molecule has 0 aliphatic carbocycles. The quantitative estimate of drug-likeness (QED) is 0.655. The molecule has 0 aromatic heterocycles. The Morgan fingerprint density at radius 2 is 1.89 bits per heavy atom. The summed E-state index contributed by atoms with van der Waals surface area (Å²) in [5, 5.41) is 2.80. The zero-order valence-electron chi connectivity index (χ0n) is 16.3. The van der Waals surface area contributed by atoms with Gasteiger partial charge in [0.1, 0.15) is 11.5 Å². The Hall–Kier alpha value is -2.74. The van der Waals surface area contributed by atoms with Crippen LogP contribution in [-0.2, 0) is 14.8 Å². The third-order valence-electron chi connectivity index (χ3n) is 3.95. The molecule has 0 saturated heterocycles. The topological polar surface area (TPSA) is 84.9 Å². The van der Waals surface area contributed by atoms with Gasteiger partial charge in [-0.2, -0.15) is 0 Å². The molecular weight excluding hydrogens is 380 g/mol. The van der Waals surface area contributed by atoms with Crippen LogP contribution < -0.4 is 19.1 Å². The molecule has 0 atom stereocenters. The standard InChI is InChI=1S/C20H26N2O5S/c1-4-27-17-10-7-9-16(15-17)21-20(23)13-8-14-22(28(3,24)25)18-11-5-6-12-19(18)26-2/h5-7,9-12,15H,4,8,13-14H2,1-3H3,(H,21,23). The second-order valence-corrected chi connectivity index (χ2v) is 8.03. The minimum atomic E-state index is -3.51. The van der Waals surface area contributed by atoms with Gasteiger partial charge in [0.05, 0.1) is 25.7 Å². The predicted octanol–water partition coefficient (Wildman–Crippen LogP) is 3.28. The van der Waals surface area contributed by atoms with Crippen LogP contribution in [-0.4, -0.2) is 40.8 Å². The van der Waals surface area contributed by atoms with Gasteiger partial charge in [-0.15, -0.1) is 0 Å². The van der Waals surface area contributed by atoms with E-state index in [-0.39, 0.29) is 18.9 Å². The van der Waals surface area contributed by atoms with Crippen molar-refractivity contribution in [3.8, 4) is 11.5 Å². The average molecular weight is 407 g/mol. The molecule has 8 heteroatoms. The van der Waals surface area contributed by atoms with Gasteiger partial charge in [0.25, 0.3) is 0 Å². The number of nitrogens with zero attached hydrogens (tertiary/aromatic N) is 1. The van der Waals surface area contributed by atoms with Gasteiger partial charge < -0.3 is 14.8 Å². The summed E-state index contributed by atoms with van der Waals surface area (Å²) < 4.78 is 36.4. The second kappa shape index (κ2) is 9.98. The van der Waals surface area contributed by atoms with E-state index in [4.69, 9.17) is 9.47 Å². The largest absolute Gasteiger partial charge is 0.495 e. The Balaban J connectivity index is 1.99. The molecular formula is C20H26N2O5S. The molecule has 0 aliphatic heterocycles. The van der Waals surface area contributed by atoms with E-state index in [9.17, 15) is 13.2 Å². The normalized spacial score (nSPS) is 11.0. The molecule has 2 rings (SSSR count). The maximum atomic E-state index is 12.2. The zero-order valence-corrected chi connectivity index (χ0v) is 17.2. The minimum absolute atomic E-state index is 0.172. The van der Waals surface area contributed by atoms with Crippen LogP contribution in [0.2, 0.25) is 0 Å². The van der Waals surface area contributed by atoms with Crippen LogP contribution in [0, 0.1) is 0 Å². The van der Waals surface area contributed by atoms with Gasteiger partial charge in [-0.1, -0.05) is 18.2 Å². The van der Waals surface area contributed by atoms with Crippen LogP contribution in [0.5, 0.6) is 11.5 Å². The van der Waals surface area contributed by atoms with Gasteiger partial charge in [-0.25, -0.2) is 8.42 Å². The first-order valence-corrected chi connectivity index (χ1v) is 10.8. The van der Waals surface area contributed by atoms with E-state index in [1.165, 1.54) is 11.4 Å². The minimum Gasteiger partial charge on any atom is -0.495 e. The fourth-order valence-corrected chi connectivity index (χ4v) is 3.71. The van der Waals surface area contributed by atoms with E-state index in [1.807, 2.05) is 13.0 Å². The molecule has 0 aliphatic rings. The van der Waals surface area contributed by atoms with Gasteiger partial charge in [-0.3, -0.25) is 9.10 Å². The number of rotatable bonds is 10. The number of nitrogens with one attached hydrogen (secondary N) is 1. The van der Waals surface area contributed by atoms with Gasteiger partial charge in [0, 0.05) is 24.7 Å². The number of para-hydroxylation sites is 2. The summed E-state index contributed by atoms with van der Waals surface area (Å²) in [6.07, 6.45) is 1.68. The van der Waals surface area contributed by atoms with Crippen molar-refractivity contribution in [2.45, 2.75) is 19.8 Å². The first-order chi connectivity index (χ1) is 13.3. The molecule has 7 nitrogen and oxygen atoms in total. The lowest BCUT2D eigenvalue weighted by Crippen LogP contribution is -2.31. The SMILES string of the molecule is CCOc1cccc(NC(=O)CCCN(c2ccccc2OC)S(C)(=O)=O)c1. The van der Waals surface area contributed by atoms with E-state index >= 15 is 0 Å². The van der Waals surface area contributed by atoms with Gasteiger partial charge >= 0.3 is 0 Å². The average Bonchev–Trinajstić information content (AvgIpc) is 2.65. The van der Waals surface area contributed by atoms with Crippen molar-refractivity contribution < 1.29 is 22.7 Å². The van der Waals surface area contributed by atoms with Crippen LogP contribution >= 0.6 is 0 Å². The molecule has 2 aromatic rings. The van der Waals surface area contributed by atoms with Crippen molar-refractivity contribution in [1.82, 2.24) is 0 Å². The van der Waals surface area contributed by atoms with Crippen LogP contribution in [0.3, 0.4) is 0 Å². The summed E-state index contributed by atoms with van der Waals surface area (Å²) >= 11 is 0. The number of anilines is 2. The molecule has 0 bridgehead atoms. The zero-order chi connectivity index (χ0) is 20.6. The highest BCUT2D eigenvalue weighted by Gasteiger charge is 2.20. The van der Waals surface area contributed by atoms with Crippen molar-refractivity contribution in [2.75, 3.05) is 36.1 Å². The summed E-state index contributed by atoms with van der Waals surface area (Å²) in [6.45, 7) is 2.60. The van der Waals surface area contributed by atoms with Crippen LogP contribution in [0.1, 0.15) is 19.8 Å². The molecule has 28 heavy (non-hydrogen) atoms. The number of hydrogen-bond donors (Lipinski definition) is 1. The van der Waals surface area contributed by atoms with Crippen molar-refractivity contribution in [1.29, 1.82) is 0 Å². The summed E-state index contributed by atoms with van der Waals surface area (Å²) in [5.41, 5.74) is 1.10. The maximum Gasteiger partial charge on any atom is 0.232 e. The highest BCUT2D eigenvalue weighted by atomic mass is 32.2. The summed E-state index contributed by atoms with van der Waals surface area (Å²) in [7, 11) is -2.03. The molecule has 0 fully saturated rings. The second-order valence-electron chi connectivity index (χ2n) is 6.12. The Kier molecular flexibility index (Phi) is 7.69. The van der Waals surface area contributed by atoms with Crippen LogP contribution in [0.4, 0.5) is 11.4 Å². The highest BCUT2D eigenvalue weighted by molar-refractivity contribution is 7.92. The van der Waals surface area contributed by atoms with E-state index in [0.717, 1.165) is 6.26 Å². The number of hydrogen-bond acceptors (Lipinski definition) is 5. The number of carbonyl (C=O) groups excluding carboxylic acids is 1. The summed E-state index contributed by atoms with van der Waals surface area (Å²) in [5.74, 6) is 0.951. The van der Waals surface area contributed by atoms with Crippen molar-refractivity contribution >= 4 is 27.3 Å². The lowest BCUT2D eigenvalue weighted by atomic mass is 10.2. The third kappa shape index (κ3) is 6.16. The van der Waals surface area contributed by atoms with E-state index < -0.39 is 10.0 Å². The van der Waals surface area contributed by atoms with Crippen molar-refractivity contribution in [3.05, 3.63) is 48.5 Å². The monoisotopic (exact) mass is 406 g/mol. The lowest BCUT2D eigenvalue weighted by Gasteiger charge is -2.24. The Morgan fingerprint density at radius 3 is 2.57 bits per heavy atom. The predicted molar refractivity (Wildman–Crippen MR) is 111 cm³/mol. The Morgan fingerprint density at radius 1 is 1.14 bits per heavy atom. The molecule has 1 amide bonds. The molecule has 0 unspecified atom stereocenters. The number of carbonyl (C=O) groups is 1. The molecule has 0 radical (unpaired) electrons. The van der Waals surface area contributed by atoms with Gasteiger partial charge in [0.2, 0.25) is 15.9 Å². The summed E-state index contributed by atoms with van der Waals surface area (Å²) in [4.78, 5) is 12.2. The van der Waals surface area contributed by atoms with E-state index in [2.05, 4.69) is 5.32 Å². The number of sulfonamides is 1. The van der Waals surface area contributed by atoms with Crippen molar-refractivity contribution in [3.63, 3.8) is 0 Å². The Bertz CT molecular complexity index is 899.